The predicted octanol–water partition coefficient (Wildman–Crippen LogP) is 14.4. The van der Waals surface area contributed by atoms with E-state index in [1.165, 1.54) is 128 Å². The van der Waals surface area contributed by atoms with E-state index in [1.54, 1.807) is 5.19 Å². The Balaban J connectivity index is 1.25. The molecule has 3 aliphatic heterocycles. The number of fused-ring (bicyclic) bond motifs is 13. The molecule has 5 heteroatoms. The summed E-state index contributed by atoms with van der Waals surface area (Å²) in [5.41, 5.74) is 23.5. The van der Waals surface area contributed by atoms with Crippen molar-refractivity contribution in [2.24, 2.45) is 0 Å². The fourth-order valence-electron chi connectivity index (χ4n) is 13.3. The number of para-hydroxylation sites is 2. The fourth-order valence-corrected chi connectivity index (χ4v) is 17.6. The molecule has 8 aromatic rings. The summed E-state index contributed by atoms with van der Waals surface area (Å²) >= 11 is 2.04. The molecule has 2 aliphatic carbocycles. The third kappa shape index (κ3) is 5.19. The Hall–Kier alpha value is -5.62. The fraction of sp³-hybridized carbons (Fsp3) is 0.279. The van der Waals surface area contributed by atoms with Gasteiger partial charge in [0.25, 0.3) is 0 Å². The average molecular weight is 891 g/mol. The third-order valence-corrected chi connectivity index (χ3v) is 21.7. The zero-order valence-corrected chi connectivity index (χ0v) is 42.3. The highest BCUT2D eigenvalue weighted by Gasteiger charge is 2.55. The second-order valence-corrected chi connectivity index (χ2v) is 28.9. The Morgan fingerprint density at radius 3 is 1.98 bits per heavy atom. The van der Waals surface area contributed by atoms with Gasteiger partial charge in [0.05, 0.1) is 10.7 Å². The minimum atomic E-state index is -2.11. The highest BCUT2D eigenvalue weighted by molar-refractivity contribution is 7.26. The second-order valence-electron chi connectivity index (χ2n) is 23.6. The van der Waals surface area contributed by atoms with Gasteiger partial charge in [-0.15, -0.1) is 11.3 Å². The van der Waals surface area contributed by atoms with E-state index in [0.29, 0.717) is 0 Å². The monoisotopic (exact) mass is 890 g/mol. The van der Waals surface area contributed by atoms with Gasteiger partial charge in [-0.3, -0.25) is 0 Å². The summed E-state index contributed by atoms with van der Waals surface area (Å²) < 4.78 is 1.40. The molecule has 0 fully saturated rings. The average Bonchev–Trinajstić information content (AvgIpc) is 3.78. The SMILES string of the molecule is CC(C)(C)c1ccc(N2c3sc4cc5c(cc4c3B3c4c(cc6c(c42)C(C)(C)c2ccccc2-6)-c2cccc4c2N3c2ccccc2[Si]4(C)C)C(C)(C)CCC5(C)C)c(-c2ccccc2)c1. The summed E-state index contributed by atoms with van der Waals surface area (Å²) in [6.45, 7) is 27.1. The first-order valence-corrected chi connectivity index (χ1v) is 28.2. The van der Waals surface area contributed by atoms with Crippen LogP contribution in [0.2, 0.25) is 13.1 Å². The van der Waals surface area contributed by atoms with Crippen LogP contribution in [0.15, 0.2) is 133 Å². The predicted molar refractivity (Wildman–Crippen MR) is 289 cm³/mol. The summed E-state index contributed by atoms with van der Waals surface area (Å²) in [5, 5.41) is 5.84. The van der Waals surface area contributed by atoms with Crippen LogP contribution in [-0.2, 0) is 21.7 Å². The summed E-state index contributed by atoms with van der Waals surface area (Å²) in [4.78, 5) is 5.65. The number of hydrogen-bond donors (Lipinski definition) is 0. The number of thiophene rings is 1. The van der Waals surface area contributed by atoms with Crippen LogP contribution in [0.25, 0.3) is 43.5 Å². The Labute approximate surface area is 397 Å². The molecule has 0 unspecified atom stereocenters. The van der Waals surface area contributed by atoms with Crippen LogP contribution in [0.4, 0.5) is 27.8 Å². The van der Waals surface area contributed by atoms with Crippen LogP contribution in [-0.4, -0.2) is 14.9 Å². The first kappa shape index (κ1) is 40.6. The number of rotatable bonds is 2. The normalized spacial score (nSPS) is 18.2. The van der Waals surface area contributed by atoms with Gasteiger partial charge in [-0.1, -0.05) is 172 Å². The standard InChI is InChI=1S/C61H59BN2SSi/c1-58(2,3)37-28-29-47(40(32-37)36-20-13-12-14-21-36)63-56-52-41(38-22-15-16-24-44(38)61(52,8)9)33-42-39-23-19-27-51-55(39)64(48-25-17-18-26-50(48)66(51,10)11)62(53(42)56)54-43-34-45-46(35-49(43)65-57(54)63)60(6,7)31-30-59(45,4)5/h12-29,32-35H,30-31H2,1-11H3. The zero-order valence-electron chi connectivity index (χ0n) is 40.5. The maximum Gasteiger partial charge on any atom is 0.334 e. The molecule has 0 spiro atoms. The molecule has 5 aliphatic rings. The molecule has 0 N–H and O–H groups in total. The quantitative estimate of drug-likeness (QED) is 0.160. The van der Waals surface area contributed by atoms with Crippen LogP contribution in [0.1, 0.15) is 103 Å². The van der Waals surface area contributed by atoms with Crippen molar-refractivity contribution in [3.8, 4) is 33.4 Å². The maximum atomic E-state index is 2.85. The lowest BCUT2D eigenvalue weighted by Gasteiger charge is -2.51. The van der Waals surface area contributed by atoms with Crippen molar-refractivity contribution in [3.05, 3.63) is 161 Å². The summed E-state index contributed by atoms with van der Waals surface area (Å²) in [6.07, 6.45) is 2.38. The third-order valence-electron chi connectivity index (χ3n) is 17.0. The first-order valence-electron chi connectivity index (χ1n) is 24.3. The van der Waals surface area contributed by atoms with Gasteiger partial charge in [0.15, 0.2) is 0 Å². The van der Waals surface area contributed by atoms with E-state index in [4.69, 9.17) is 0 Å². The Morgan fingerprint density at radius 2 is 1.23 bits per heavy atom. The van der Waals surface area contributed by atoms with E-state index < -0.39 is 8.07 Å². The summed E-state index contributed by atoms with van der Waals surface area (Å²) in [6, 6.07) is 52.7. The molecule has 0 bridgehead atoms. The van der Waals surface area contributed by atoms with Crippen LogP contribution < -0.4 is 31.0 Å². The molecule has 4 heterocycles. The van der Waals surface area contributed by atoms with E-state index in [0.717, 1.165) is 0 Å². The van der Waals surface area contributed by atoms with Gasteiger partial charge in [-0.05, 0) is 142 Å². The first-order chi connectivity index (χ1) is 31.4. The highest BCUT2D eigenvalue weighted by atomic mass is 32.1. The number of nitrogens with zero attached hydrogens (tertiary/aromatic N) is 2. The van der Waals surface area contributed by atoms with Crippen LogP contribution >= 0.6 is 11.3 Å². The summed E-state index contributed by atoms with van der Waals surface area (Å²) in [5.74, 6) is 0. The molecule has 2 nitrogen and oxygen atoms in total. The molecule has 326 valence electrons. The topological polar surface area (TPSA) is 6.48 Å². The van der Waals surface area contributed by atoms with Crippen molar-refractivity contribution in [2.75, 3.05) is 9.71 Å². The highest BCUT2D eigenvalue weighted by Crippen LogP contribution is 2.60. The van der Waals surface area contributed by atoms with Gasteiger partial charge in [0, 0.05) is 38.3 Å². The Morgan fingerprint density at radius 1 is 0.561 bits per heavy atom. The zero-order chi connectivity index (χ0) is 45.6. The van der Waals surface area contributed by atoms with Crippen LogP contribution in [0, 0.1) is 0 Å². The lowest BCUT2D eigenvalue weighted by Crippen LogP contribution is -2.68. The van der Waals surface area contributed by atoms with Gasteiger partial charge in [-0.2, -0.15) is 0 Å². The molecule has 13 rings (SSSR count). The van der Waals surface area contributed by atoms with Gasteiger partial charge < -0.3 is 9.71 Å². The van der Waals surface area contributed by atoms with Crippen molar-refractivity contribution in [1.82, 2.24) is 0 Å². The number of benzene rings is 7. The molecule has 0 amide bonds. The van der Waals surface area contributed by atoms with Crippen molar-refractivity contribution < 1.29 is 0 Å². The molecule has 7 aromatic carbocycles. The van der Waals surface area contributed by atoms with Crippen molar-refractivity contribution in [3.63, 3.8) is 0 Å². The lowest BCUT2D eigenvalue weighted by molar-refractivity contribution is 0.332. The van der Waals surface area contributed by atoms with Crippen molar-refractivity contribution >= 4 is 85.4 Å². The number of hydrogen-bond acceptors (Lipinski definition) is 3. The molecule has 0 atom stereocenters. The van der Waals surface area contributed by atoms with Crippen molar-refractivity contribution in [2.45, 2.75) is 110 Å². The molecule has 0 saturated carbocycles. The molecule has 0 radical (unpaired) electrons. The van der Waals surface area contributed by atoms with Gasteiger partial charge >= 0.3 is 6.85 Å². The minimum Gasteiger partial charge on any atom is -0.376 e. The van der Waals surface area contributed by atoms with E-state index in [9.17, 15) is 0 Å². The van der Waals surface area contributed by atoms with Gasteiger partial charge in [-0.25, -0.2) is 0 Å². The molecule has 1 aromatic heterocycles. The van der Waals surface area contributed by atoms with E-state index in [-0.39, 0.29) is 28.5 Å². The molecular formula is C61H59BN2SSi. The second kappa shape index (κ2) is 13.1. The molecule has 66 heavy (non-hydrogen) atoms. The van der Waals surface area contributed by atoms with E-state index in [2.05, 4.69) is 219 Å². The number of anilines is 5. The van der Waals surface area contributed by atoms with E-state index in [1.807, 2.05) is 11.3 Å². The molecular weight excluding hydrogens is 832 g/mol. The lowest BCUT2D eigenvalue weighted by atomic mass is 9.43. The largest absolute Gasteiger partial charge is 0.376 e. The van der Waals surface area contributed by atoms with Crippen LogP contribution in [0.3, 0.4) is 0 Å². The van der Waals surface area contributed by atoms with Gasteiger partial charge in [0.2, 0.25) is 0 Å². The smallest absolute Gasteiger partial charge is 0.334 e. The van der Waals surface area contributed by atoms with E-state index >= 15 is 0 Å². The Bertz CT molecular complexity index is 3440. The molecule has 0 saturated heterocycles. The summed E-state index contributed by atoms with van der Waals surface area (Å²) in [7, 11) is -2.11. The van der Waals surface area contributed by atoms with Crippen LogP contribution in [0.5, 0.6) is 0 Å². The maximum absolute atomic E-state index is 2.85. The van der Waals surface area contributed by atoms with Crippen molar-refractivity contribution in [1.29, 1.82) is 0 Å². The Kier molecular flexibility index (Phi) is 8.06. The van der Waals surface area contributed by atoms with Gasteiger partial charge in [0.1, 0.15) is 8.07 Å². The minimum absolute atomic E-state index is 0.0204.